The first-order valence-electron chi connectivity index (χ1n) is 15.4. The van der Waals surface area contributed by atoms with E-state index in [1.54, 1.807) is 13.0 Å². The normalized spacial score (nSPS) is 11.7. The molecule has 0 amide bonds. The van der Waals surface area contributed by atoms with Crippen molar-refractivity contribution in [1.29, 1.82) is 0 Å². The standard InChI is InChI=1S/C14H13Cl2N5O4S.C11H10Cl2F2N4O3S.C3H8NO5P/c1-7-4-5-8(15)12(11(7)16)20-26(22,23)14-18-13-17-9(24-2)6-10(25-3)21(13)19-14;1-5-16-19(11(20)18(5)10(14)15)9-4-8(17-23(2,21)22)6(12)3-7(9)13;5-3(6)1-4-2-10(7,8)9/h4-6,20H,1-3H3;3-4,10,17H,1-2H3;4H,1-2H2,(H,5,6)(H2,7,8,9). The van der Waals surface area contributed by atoms with Gasteiger partial charge < -0.3 is 24.4 Å². The largest absolute Gasteiger partial charge is 0.481 e. The van der Waals surface area contributed by atoms with E-state index < -0.39 is 63.8 Å². The van der Waals surface area contributed by atoms with Gasteiger partial charge in [0.2, 0.25) is 21.8 Å². The lowest BCUT2D eigenvalue weighted by Gasteiger charge is -2.10. The quantitative estimate of drug-likeness (QED) is 0.0915. The summed E-state index contributed by atoms with van der Waals surface area (Å²) in [5, 5.41) is 17.4. The zero-order valence-corrected chi connectivity index (χ0v) is 36.1. The van der Waals surface area contributed by atoms with Crippen molar-refractivity contribution in [2.45, 2.75) is 25.6 Å². The molecular weight excluding hydrogens is 943 g/mol. The molecule has 0 fully saturated rings. The molecule has 0 aliphatic carbocycles. The van der Waals surface area contributed by atoms with Crippen molar-refractivity contribution in [1.82, 2.24) is 39.2 Å². The molecule has 3 heterocycles. The summed E-state index contributed by atoms with van der Waals surface area (Å²) in [5.74, 6) is -0.985. The van der Waals surface area contributed by atoms with Crippen LogP contribution in [-0.2, 0) is 29.4 Å². The van der Waals surface area contributed by atoms with Gasteiger partial charge in [-0.25, -0.2) is 17.8 Å². The van der Waals surface area contributed by atoms with Crippen molar-refractivity contribution in [2.75, 3.05) is 42.8 Å². The Kier molecular flexibility index (Phi) is 16.4. The molecule has 0 aliphatic rings. The number of ether oxygens (including phenoxy) is 2. The first-order chi connectivity index (χ1) is 27.2. The lowest BCUT2D eigenvalue weighted by atomic mass is 10.2. The van der Waals surface area contributed by atoms with Crippen LogP contribution in [0.2, 0.25) is 20.1 Å². The first-order valence-corrected chi connectivity index (χ1v) is 22.1. The summed E-state index contributed by atoms with van der Waals surface area (Å²) in [6.07, 6.45) is 0.304. The molecule has 59 heavy (non-hydrogen) atoms. The Balaban J connectivity index is 0.000000259. The van der Waals surface area contributed by atoms with Crippen LogP contribution in [0, 0.1) is 13.8 Å². The molecule has 0 saturated heterocycles. The molecule has 0 spiro atoms. The summed E-state index contributed by atoms with van der Waals surface area (Å²) in [6.45, 7) is -0.564. The van der Waals surface area contributed by atoms with Gasteiger partial charge in [-0.1, -0.05) is 52.5 Å². The van der Waals surface area contributed by atoms with Gasteiger partial charge in [0.15, 0.2) is 0 Å². The minimum atomic E-state index is -4.18. The summed E-state index contributed by atoms with van der Waals surface area (Å²) in [7, 11) is -9.11. The van der Waals surface area contributed by atoms with Crippen LogP contribution in [0.1, 0.15) is 17.9 Å². The van der Waals surface area contributed by atoms with E-state index in [4.69, 9.17) is 70.8 Å². The van der Waals surface area contributed by atoms with Gasteiger partial charge in [0.1, 0.15) is 5.82 Å². The lowest BCUT2D eigenvalue weighted by molar-refractivity contribution is -0.135. The van der Waals surface area contributed by atoms with E-state index in [2.05, 4.69) is 34.9 Å². The molecule has 324 valence electrons. The van der Waals surface area contributed by atoms with Crippen LogP contribution in [-0.4, -0.2) is 105 Å². The number of benzene rings is 2. The van der Waals surface area contributed by atoms with Crippen molar-refractivity contribution in [3.8, 4) is 17.4 Å². The zero-order valence-electron chi connectivity index (χ0n) is 30.6. The number of nitrogens with zero attached hydrogens (tertiary/aromatic N) is 7. The molecule has 22 nitrogen and oxygen atoms in total. The number of halogens is 6. The van der Waals surface area contributed by atoms with Gasteiger partial charge in [0.25, 0.3) is 21.0 Å². The molecule has 0 bridgehead atoms. The molecule has 6 N–H and O–H groups in total. The number of alkyl halides is 2. The Morgan fingerprint density at radius 3 is 2.12 bits per heavy atom. The predicted octanol–water partition coefficient (Wildman–Crippen LogP) is 3.77. The van der Waals surface area contributed by atoms with Crippen molar-refractivity contribution >= 4 is 97.2 Å². The lowest BCUT2D eigenvalue weighted by Crippen LogP contribution is -2.25. The second kappa shape index (κ2) is 19.8. The maximum Gasteiger partial charge on any atom is 0.355 e. The number of aromatic nitrogens is 7. The number of anilines is 2. The highest BCUT2D eigenvalue weighted by Crippen LogP contribution is 2.35. The monoisotopic (exact) mass is 972 g/mol. The fourth-order valence-electron chi connectivity index (χ4n) is 4.24. The Morgan fingerprint density at radius 1 is 0.949 bits per heavy atom. The summed E-state index contributed by atoms with van der Waals surface area (Å²) in [4.78, 5) is 46.1. The molecule has 31 heteroatoms. The van der Waals surface area contributed by atoms with E-state index in [1.807, 2.05) is 0 Å². The first kappa shape index (κ1) is 49.0. The smallest absolute Gasteiger partial charge is 0.355 e. The number of sulfonamides is 2. The molecular formula is C28H31Cl4F2N10O12PS2. The molecule has 0 radical (unpaired) electrons. The van der Waals surface area contributed by atoms with Crippen LogP contribution in [0.15, 0.2) is 40.3 Å². The maximum atomic E-state index is 12.8. The number of rotatable bonds is 13. The van der Waals surface area contributed by atoms with Gasteiger partial charge in [-0.05, 0) is 37.6 Å². The average molecular weight is 975 g/mol. The molecule has 2 aromatic carbocycles. The molecule has 3 aromatic heterocycles. The second-order valence-electron chi connectivity index (χ2n) is 11.3. The van der Waals surface area contributed by atoms with E-state index in [-0.39, 0.29) is 65.1 Å². The van der Waals surface area contributed by atoms with E-state index >= 15 is 0 Å². The molecule has 5 aromatic rings. The Bertz CT molecular complexity index is 2700. The third kappa shape index (κ3) is 13.3. The maximum absolute atomic E-state index is 12.8. The summed E-state index contributed by atoms with van der Waals surface area (Å²) >= 11 is 24.0. The van der Waals surface area contributed by atoms with Crippen LogP contribution in [0.25, 0.3) is 11.5 Å². The van der Waals surface area contributed by atoms with E-state index in [9.17, 15) is 39.8 Å². The topological polar surface area (TPSA) is 301 Å². The van der Waals surface area contributed by atoms with Crippen LogP contribution < -0.4 is 29.9 Å². The van der Waals surface area contributed by atoms with Crippen molar-refractivity contribution < 1.29 is 59.3 Å². The number of hydrogen-bond donors (Lipinski definition) is 6. The van der Waals surface area contributed by atoms with Crippen molar-refractivity contribution in [2.24, 2.45) is 0 Å². The van der Waals surface area contributed by atoms with Crippen LogP contribution in [0.5, 0.6) is 11.8 Å². The Labute approximate surface area is 352 Å². The average Bonchev–Trinajstić information content (AvgIpc) is 3.69. The number of carbonyl (C=O) groups is 1. The van der Waals surface area contributed by atoms with Crippen molar-refractivity contribution in [3.63, 3.8) is 0 Å². The number of carboxylic acid groups (broad SMARTS) is 1. The molecule has 0 unspecified atom stereocenters. The van der Waals surface area contributed by atoms with Gasteiger partial charge >= 0.3 is 25.8 Å². The fourth-order valence-corrected chi connectivity index (χ4v) is 7.32. The number of hydrogen-bond acceptors (Lipinski definition) is 14. The highest BCUT2D eigenvalue weighted by atomic mass is 35.5. The highest BCUT2D eigenvalue weighted by molar-refractivity contribution is 7.92. The number of carboxylic acids is 1. The Morgan fingerprint density at radius 2 is 1.59 bits per heavy atom. The SMILES string of the molecule is COc1cc(OC)n2nc(S(=O)(=O)Nc3c(Cl)ccc(C)c3Cl)nc2n1.Cc1nn(-c2cc(NS(C)(=O)=O)c(Cl)cc2Cl)c(=O)n1C(F)F.O=C(O)CNCP(=O)(O)O. The molecule has 0 saturated carbocycles. The molecule has 0 aliphatic heterocycles. The number of nitrogens with one attached hydrogen (secondary N) is 3. The summed E-state index contributed by atoms with van der Waals surface area (Å²) < 4.78 is 100. The number of aryl methyl sites for hydroxylation is 2. The highest BCUT2D eigenvalue weighted by Gasteiger charge is 2.26. The van der Waals surface area contributed by atoms with E-state index in [0.717, 1.165) is 16.8 Å². The van der Waals surface area contributed by atoms with Gasteiger partial charge in [-0.3, -0.25) is 24.1 Å². The minimum Gasteiger partial charge on any atom is -0.481 e. The Hall–Kier alpha value is -4.37. The van der Waals surface area contributed by atoms with Gasteiger partial charge in [-0.2, -0.15) is 36.4 Å². The van der Waals surface area contributed by atoms with Crippen LogP contribution >= 0.6 is 54.0 Å². The minimum absolute atomic E-state index is 0.0111. The summed E-state index contributed by atoms with van der Waals surface area (Å²) in [6, 6.07) is 6.96. The van der Waals surface area contributed by atoms with E-state index in [0.29, 0.717) is 10.2 Å². The number of fused-ring (bicyclic) bond motifs is 1. The van der Waals surface area contributed by atoms with E-state index in [1.165, 1.54) is 39.3 Å². The van der Waals surface area contributed by atoms with Gasteiger partial charge in [0, 0.05) is 0 Å². The zero-order chi connectivity index (χ0) is 44.8. The van der Waals surface area contributed by atoms with Crippen LogP contribution in [0.3, 0.4) is 0 Å². The number of methoxy groups -OCH3 is 2. The van der Waals surface area contributed by atoms with Crippen LogP contribution in [0.4, 0.5) is 20.2 Å². The molecule has 5 rings (SSSR count). The summed E-state index contributed by atoms with van der Waals surface area (Å²) in [5.41, 5.74) is -0.569. The van der Waals surface area contributed by atoms with Crippen molar-refractivity contribution in [3.05, 3.63) is 72.3 Å². The number of aliphatic carboxylic acids is 1. The fraction of sp³-hybridized carbons (Fsp3) is 0.286. The third-order valence-electron chi connectivity index (χ3n) is 6.75. The second-order valence-corrected chi connectivity index (χ2v) is 17.9. The molecule has 0 atom stereocenters. The van der Waals surface area contributed by atoms with Gasteiger partial charge in [0.05, 0.1) is 76.5 Å². The van der Waals surface area contributed by atoms with Gasteiger partial charge in [-0.15, -0.1) is 10.2 Å². The predicted molar refractivity (Wildman–Crippen MR) is 211 cm³/mol. The third-order valence-corrected chi connectivity index (χ3v) is 10.5.